The first kappa shape index (κ1) is 14.9. The molecule has 0 aliphatic carbocycles. The van der Waals surface area contributed by atoms with Crippen molar-refractivity contribution in [1.29, 1.82) is 0 Å². The molecule has 2 aromatic rings. The maximum Gasteiger partial charge on any atom is 0.0705 e. The molecule has 0 bridgehead atoms. The van der Waals surface area contributed by atoms with Crippen LogP contribution in [0.4, 0.5) is 0 Å². The monoisotopic (exact) mass is 273 g/mol. The molecule has 0 saturated heterocycles. The number of nitrogens with zero attached hydrogens (tertiary/aromatic N) is 1. The fraction of sp³-hybridized carbons (Fsp3) is 0.438. The highest BCUT2D eigenvalue weighted by Crippen LogP contribution is 2.23. The number of aromatic nitrogens is 1. The zero-order valence-electron chi connectivity index (χ0n) is 12.4. The number of nitrogens with two attached hydrogens (primary N) is 1. The SMILES string of the molecule is COC(C)CCC(NN)c1ccc2nc(C)ccc2c1. The number of rotatable bonds is 6. The van der Waals surface area contributed by atoms with Crippen LogP contribution in [-0.4, -0.2) is 18.2 Å². The van der Waals surface area contributed by atoms with Gasteiger partial charge in [-0.3, -0.25) is 16.3 Å². The number of aryl methyl sites for hydroxylation is 1. The van der Waals surface area contributed by atoms with Gasteiger partial charge in [-0.05, 0) is 50.5 Å². The second-order valence-electron chi connectivity index (χ2n) is 5.25. The maximum absolute atomic E-state index is 5.69. The molecule has 108 valence electrons. The fourth-order valence-electron chi connectivity index (χ4n) is 2.33. The Morgan fingerprint density at radius 1 is 1.25 bits per heavy atom. The van der Waals surface area contributed by atoms with E-state index in [-0.39, 0.29) is 12.1 Å². The van der Waals surface area contributed by atoms with Gasteiger partial charge >= 0.3 is 0 Å². The summed E-state index contributed by atoms with van der Waals surface area (Å²) in [7, 11) is 1.74. The molecule has 2 atom stereocenters. The van der Waals surface area contributed by atoms with E-state index in [1.165, 1.54) is 5.56 Å². The molecule has 1 aromatic heterocycles. The Labute approximate surface area is 120 Å². The van der Waals surface area contributed by atoms with E-state index in [1.54, 1.807) is 7.11 Å². The van der Waals surface area contributed by atoms with E-state index in [2.05, 4.69) is 41.6 Å². The van der Waals surface area contributed by atoms with E-state index in [0.717, 1.165) is 29.4 Å². The van der Waals surface area contributed by atoms with Crippen molar-refractivity contribution < 1.29 is 4.74 Å². The molecule has 0 fully saturated rings. The summed E-state index contributed by atoms with van der Waals surface area (Å²) in [5, 5.41) is 1.15. The molecule has 20 heavy (non-hydrogen) atoms. The summed E-state index contributed by atoms with van der Waals surface area (Å²) in [5.74, 6) is 5.69. The van der Waals surface area contributed by atoms with Gasteiger partial charge in [-0.15, -0.1) is 0 Å². The van der Waals surface area contributed by atoms with Crippen LogP contribution < -0.4 is 11.3 Å². The highest BCUT2D eigenvalue weighted by Gasteiger charge is 2.12. The summed E-state index contributed by atoms with van der Waals surface area (Å²) < 4.78 is 5.29. The van der Waals surface area contributed by atoms with Crippen molar-refractivity contribution in [2.45, 2.75) is 38.8 Å². The third kappa shape index (κ3) is 3.54. The molecule has 1 heterocycles. The molecular weight excluding hydrogens is 250 g/mol. The number of ether oxygens (including phenoxy) is 1. The highest BCUT2D eigenvalue weighted by atomic mass is 16.5. The van der Waals surface area contributed by atoms with E-state index in [1.807, 2.05) is 13.0 Å². The number of fused-ring (bicyclic) bond motifs is 1. The molecule has 4 nitrogen and oxygen atoms in total. The van der Waals surface area contributed by atoms with Crippen LogP contribution in [0.25, 0.3) is 10.9 Å². The predicted octanol–water partition coefficient (Wildman–Crippen LogP) is 2.86. The maximum atomic E-state index is 5.69. The summed E-state index contributed by atoms with van der Waals surface area (Å²) in [6, 6.07) is 10.6. The van der Waals surface area contributed by atoms with Crippen LogP contribution in [0.1, 0.15) is 37.1 Å². The lowest BCUT2D eigenvalue weighted by atomic mass is 9.99. The zero-order chi connectivity index (χ0) is 14.5. The Hall–Kier alpha value is -1.49. The summed E-state index contributed by atoms with van der Waals surface area (Å²) >= 11 is 0. The smallest absolute Gasteiger partial charge is 0.0705 e. The van der Waals surface area contributed by atoms with Crippen molar-refractivity contribution in [3.63, 3.8) is 0 Å². The number of benzene rings is 1. The van der Waals surface area contributed by atoms with Gasteiger partial charge in [0.25, 0.3) is 0 Å². The summed E-state index contributed by atoms with van der Waals surface area (Å²) in [5.41, 5.74) is 6.14. The Balaban J connectivity index is 2.19. The topological polar surface area (TPSA) is 60.2 Å². The molecule has 3 N–H and O–H groups in total. The van der Waals surface area contributed by atoms with Crippen LogP contribution in [0.2, 0.25) is 0 Å². The minimum Gasteiger partial charge on any atom is -0.382 e. The van der Waals surface area contributed by atoms with Crippen LogP contribution in [0, 0.1) is 6.92 Å². The molecule has 4 heteroatoms. The summed E-state index contributed by atoms with van der Waals surface area (Å²) in [6.45, 7) is 4.07. The molecule has 2 rings (SSSR count). The third-order valence-electron chi connectivity index (χ3n) is 3.72. The van der Waals surface area contributed by atoms with Crippen LogP contribution >= 0.6 is 0 Å². The lowest BCUT2D eigenvalue weighted by molar-refractivity contribution is 0.106. The van der Waals surface area contributed by atoms with Crippen molar-refractivity contribution in [1.82, 2.24) is 10.4 Å². The summed E-state index contributed by atoms with van der Waals surface area (Å²) in [6.07, 6.45) is 2.15. The van der Waals surface area contributed by atoms with Crippen LogP contribution in [0.3, 0.4) is 0 Å². The second-order valence-corrected chi connectivity index (χ2v) is 5.25. The van der Waals surface area contributed by atoms with Gasteiger partial charge in [0.1, 0.15) is 0 Å². The van der Waals surface area contributed by atoms with Crippen molar-refractivity contribution >= 4 is 10.9 Å². The Morgan fingerprint density at radius 2 is 2.05 bits per heavy atom. The van der Waals surface area contributed by atoms with E-state index in [0.29, 0.717) is 0 Å². The predicted molar refractivity (Wildman–Crippen MR) is 82.2 cm³/mol. The average molecular weight is 273 g/mol. The van der Waals surface area contributed by atoms with Gasteiger partial charge in [-0.1, -0.05) is 12.1 Å². The normalized spacial score (nSPS) is 14.4. The van der Waals surface area contributed by atoms with Gasteiger partial charge in [0, 0.05) is 24.2 Å². The molecule has 0 aliphatic rings. The van der Waals surface area contributed by atoms with Crippen LogP contribution in [0.5, 0.6) is 0 Å². The standard InChI is InChI=1S/C16H23N3O/c1-11-4-6-13-10-14(7-9-15(13)18-11)16(19-17)8-5-12(2)20-3/h4,6-7,9-10,12,16,19H,5,8,17H2,1-3H3. The lowest BCUT2D eigenvalue weighted by Crippen LogP contribution is -2.28. The van der Waals surface area contributed by atoms with Crippen molar-refractivity contribution in [3.8, 4) is 0 Å². The average Bonchev–Trinajstić information content (AvgIpc) is 2.47. The van der Waals surface area contributed by atoms with Crippen molar-refractivity contribution in [2.75, 3.05) is 7.11 Å². The van der Waals surface area contributed by atoms with Gasteiger partial charge in [-0.25, -0.2) is 0 Å². The first-order chi connectivity index (χ1) is 9.63. The highest BCUT2D eigenvalue weighted by molar-refractivity contribution is 5.79. The number of nitrogens with one attached hydrogen (secondary N) is 1. The largest absolute Gasteiger partial charge is 0.382 e. The lowest BCUT2D eigenvalue weighted by Gasteiger charge is -2.18. The van der Waals surface area contributed by atoms with Crippen LogP contribution in [-0.2, 0) is 4.74 Å². The van der Waals surface area contributed by atoms with Gasteiger partial charge < -0.3 is 4.74 Å². The Bertz CT molecular complexity index is 571. The van der Waals surface area contributed by atoms with Crippen molar-refractivity contribution in [3.05, 3.63) is 41.6 Å². The van der Waals surface area contributed by atoms with Gasteiger partial charge in [0.05, 0.1) is 11.6 Å². The number of pyridine rings is 1. The number of hydrogen-bond acceptors (Lipinski definition) is 4. The van der Waals surface area contributed by atoms with E-state index in [4.69, 9.17) is 10.6 Å². The van der Waals surface area contributed by atoms with Gasteiger partial charge in [0.15, 0.2) is 0 Å². The molecule has 0 radical (unpaired) electrons. The quantitative estimate of drug-likeness (QED) is 0.627. The van der Waals surface area contributed by atoms with Crippen molar-refractivity contribution in [2.24, 2.45) is 5.84 Å². The number of methoxy groups -OCH3 is 1. The van der Waals surface area contributed by atoms with Crippen LogP contribution in [0.15, 0.2) is 30.3 Å². The molecule has 0 aliphatic heterocycles. The Morgan fingerprint density at radius 3 is 2.75 bits per heavy atom. The second kappa shape index (κ2) is 6.79. The minimum atomic E-state index is 0.137. The summed E-state index contributed by atoms with van der Waals surface area (Å²) in [4.78, 5) is 4.52. The third-order valence-corrected chi connectivity index (χ3v) is 3.72. The molecule has 0 spiro atoms. The molecule has 1 aromatic carbocycles. The van der Waals surface area contributed by atoms with E-state index >= 15 is 0 Å². The molecular formula is C16H23N3O. The van der Waals surface area contributed by atoms with Gasteiger partial charge in [0.2, 0.25) is 0 Å². The van der Waals surface area contributed by atoms with Gasteiger partial charge in [-0.2, -0.15) is 0 Å². The minimum absolute atomic E-state index is 0.137. The fourth-order valence-corrected chi connectivity index (χ4v) is 2.33. The van der Waals surface area contributed by atoms with E-state index < -0.39 is 0 Å². The zero-order valence-corrected chi connectivity index (χ0v) is 12.4. The first-order valence-corrected chi connectivity index (χ1v) is 7.00. The Kier molecular flexibility index (Phi) is 5.06. The van der Waals surface area contributed by atoms with E-state index in [9.17, 15) is 0 Å². The number of hydrogen-bond donors (Lipinski definition) is 2. The molecule has 0 amide bonds. The number of hydrazine groups is 1. The first-order valence-electron chi connectivity index (χ1n) is 7.00. The molecule has 0 saturated carbocycles. The molecule has 2 unspecified atom stereocenters.